The minimum absolute atomic E-state index is 1.12. The fraction of sp³-hybridized carbons (Fsp3) is 0. The number of nitrogens with zero attached hydrogens (tertiary/aromatic N) is 3. The van der Waals surface area contributed by atoms with Crippen molar-refractivity contribution in [2.24, 2.45) is 0 Å². The van der Waals surface area contributed by atoms with Gasteiger partial charge >= 0.3 is 0 Å². The van der Waals surface area contributed by atoms with Crippen molar-refractivity contribution in [2.45, 2.75) is 0 Å². The van der Waals surface area contributed by atoms with Crippen molar-refractivity contribution in [2.75, 3.05) is 0 Å². The molecule has 0 saturated heterocycles. The molecular weight excluding hydrogens is 791 g/mol. The quantitative estimate of drug-likeness (QED) is 0.112. The van der Waals surface area contributed by atoms with Crippen molar-refractivity contribution in [1.29, 1.82) is 0 Å². The monoisotopic (exact) mass is 831 g/mol. The van der Waals surface area contributed by atoms with Gasteiger partial charge in [-0.15, -0.1) is 0 Å². The van der Waals surface area contributed by atoms with Crippen LogP contribution in [0, 0.1) is 0 Å². The van der Waals surface area contributed by atoms with Crippen molar-refractivity contribution in [3.8, 4) is 17.1 Å². The van der Waals surface area contributed by atoms with Gasteiger partial charge in [-0.2, -0.15) is 0 Å². The summed E-state index contributed by atoms with van der Waals surface area (Å²) in [6.07, 6.45) is 0. The first-order chi connectivity index (χ1) is 31.8. The third-order valence-electron chi connectivity index (χ3n) is 13.6. The van der Waals surface area contributed by atoms with Gasteiger partial charge < -0.3 is 13.7 Å². The number of hydrogen-bond acceptors (Lipinski definition) is 0. The Kier molecular flexibility index (Phi) is 8.23. The van der Waals surface area contributed by atoms with Crippen molar-refractivity contribution < 1.29 is 0 Å². The summed E-state index contributed by atoms with van der Waals surface area (Å²) in [7, 11) is -2.98. The van der Waals surface area contributed by atoms with Gasteiger partial charge in [-0.1, -0.05) is 194 Å². The second kappa shape index (κ2) is 14.5. The maximum absolute atomic E-state index is 2.98. The molecule has 0 saturated carbocycles. The maximum atomic E-state index is 2.57. The molecule has 3 aromatic heterocycles. The van der Waals surface area contributed by atoms with E-state index in [-0.39, 0.29) is 0 Å². The molecule has 0 N–H and O–H groups in total. The van der Waals surface area contributed by atoms with E-state index >= 15 is 0 Å². The van der Waals surface area contributed by atoms with Crippen LogP contribution in [-0.4, -0.2) is 21.8 Å². The van der Waals surface area contributed by atoms with E-state index in [4.69, 9.17) is 0 Å². The number of hydrogen-bond donors (Lipinski definition) is 0. The van der Waals surface area contributed by atoms with Crippen LogP contribution in [-0.2, 0) is 0 Å². The van der Waals surface area contributed by atoms with E-state index in [0.717, 1.165) is 17.1 Å². The Labute approximate surface area is 372 Å². The summed E-state index contributed by atoms with van der Waals surface area (Å²) in [5.74, 6) is 0. The lowest BCUT2D eigenvalue weighted by Gasteiger charge is -2.35. The van der Waals surface area contributed by atoms with Gasteiger partial charge in [0.15, 0.2) is 8.07 Å². The second-order valence-electron chi connectivity index (χ2n) is 16.8. The molecule has 4 heteroatoms. The minimum atomic E-state index is -2.98. The van der Waals surface area contributed by atoms with Crippen molar-refractivity contribution >= 4 is 94.2 Å². The first-order valence-electron chi connectivity index (χ1n) is 22.1. The SMILES string of the molecule is c1ccc(-n2c3ccccc3c3ccc(-n4c5cccc([Si](c6ccccc6)(c6ccccc6)c6ccccc6)c5c5cccc(-n6c7ccccc7c7ccccc76)c54)cc32)cc1. The molecule has 13 aromatic rings. The molecule has 0 bridgehead atoms. The van der Waals surface area contributed by atoms with Crippen molar-refractivity contribution in [3.63, 3.8) is 0 Å². The third kappa shape index (κ3) is 5.21. The zero-order chi connectivity index (χ0) is 42.2. The molecule has 64 heavy (non-hydrogen) atoms. The van der Waals surface area contributed by atoms with Crippen LogP contribution < -0.4 is 20.7 Å². The summed E-state index contributed by atoms with van der Waals surface area (Å²) in [4.78, 5) is 0. The van der Waals surface area contributed by atoms with Gasteiger partial charge in [0.1, 0.15) is 0 Å². The number of rotatable bonds is 7. The van der Waals surface area contributed by atoms with Gasteiger partial charge in [-0.3, -0.25) is 0 Å². The van der Waals surface area contributed by atoms with Crippen LogP contribution in [0.4, 0.5) is 0 Å². The standard InChI is InChI=1S/C60H41N3Si/c1-5-21-42(22-6-1)61-52-33-16-13-31-49(52)50-40-39-43(41-57(50)61)62-55-36-20-38-58(64(44-23-7-2-8-24-44,45-25-9-3-10-26-45)46-27-11-4-12-28-46)59(55)51-32-19-37-56(60(51)62)63-53-34-17-14-29-47(53)48-30-15-18-35-54(48)63/h1-41H. The third-order valence-corrected chi connectivity index (χ3v) is 18.4. The van der Waals surface area contributed by atoms with E-state index in [1.807, 2.05) is 0 Å². The van der Waals surface area contributed by atoms with Crippen LogP contribution >= 0.6 is 0 Å². The fourth-order valence-electron chi connectivity index (χ4n) is 11.0. The lowest BCUT2D eigenvalue weighted by molar-refractivity contribution is 1.13. The second-order valence-corrected chi connectivity index (χ2v) is 20.6. The zero-order valence-electron chi connectivity index (χ0n) is 35.0. The van der Waals surface area contributed by atoms with Gasteiger partial charge in [0.2, 0.25) is 0 Å². The molecule has 13 rings (SSSR count). The number of para-hydroxylation sites is 5. The molecule has 0 fully saturated rings. The largest absolute Gasteiger partial charge is 0.309 e. The Bertz CT molecular complexity index is 3730. The normalized spacial score (nSPS) is 12.1. The molecule has 300 valence electrons. The molecule has 10 aromatic carbocycles. The first kappa shape index (κ1) is 36.5. The summed E-state index contributed by atoms with van der Waals surface area (Å²) >= 11 is 0. The Balaban J connectivity index is 1.23. The predicted octanol–water partition coefficient (Wildman–Crippen LogP) is 12.4. The summed E-state index contributed by atoms with van der Waals surface area (Å²) in [6, 6.07) is 92.4. The van der Waals surface area contributed by atoms with Crippen LogP contribution in [0.15, 0.2) is 249 Å². The van der Waals surface area contributed by atoms with Crippen LogP contribution in [0.3, 0.4) is 0 Å². The Hall–Kier alpha value is -8.18. The molecule has 0 aliphatic carbocycles. The molecule has 0 radical (unpaired) electrons. The number of aromatic nitrogens is 3. The number of fused-ring (bicyclic) bond motifs is 9. The van der Waals surface area contributed by atoms with Crippen LogP contribution in [0.1, 0.15) is 0 Å². The Morgan fingerprint density at radius 1 is 0.266 bits per heavy atom. The molecule has 0 aliphatic rings. The lowest BCUT2D eigenvalue weighted by Crippen LogP contribution is -2.74. The molecule has 0 amide bonds. The number of benzene rings is 10. The lowest BCUT2D eigenvalue weighted by atomic mass is 10.1. The van der Waals surface area contributed by atoms with Crippen molar-refractivity contribution in [3.05, 3.63) is 249 Å². The summed E-state index contributed by atoms with van der Waals surface area (Å²) in [6.45, 7) is 0. The summed E-state index contributed by atoms with van der Waals surface area (Å²) in [5, 5.41) is 12.9. The fourth-order valence-corrected chi connectivity index (χ4v) is 16.0. The first-order valence-corrected chi connectivity index (χ1v) is 24.1. The van der Waals surface area contributed by atoms with E-state index in [9.17, 15) is 0 Å². The average Bonchev–Trinajstić information content (AvgIpc) is 4.01. The van der Waals surface area contributed by atoms with E-state index < -0.39 is 8.07 Å². The van der Waals surface area contributed by atoms with Gasteiger partial charge in [0.05, 0.1) is 38.8 Å². The molecular formula is C60H41N3Si. The average molecular weight is 832 g/mol. The predicted molar refractivity (Wildman–Crippen MR) is 273 cm³/mol. The van der Waals surface area contributed by atoms with Gasteiger partial charge in [-0.05, 0) is 75.3 Å². The van der Waals surface area contributed by atoms with Crippen LogP contribution in [0.25, 0.3) is 82.5 Å². The topological polar surface area (TPSA) is 14.8 Å². The highest BCUT2D eigenvalue weighted by atomic mass is 28.3. The van der Waals surface area contributed by atoms with Crippen molar-refractivity contribution in [1.82, 2.24) is 13.7 Å². The van der Waals surface area contributed by atoms with E-state index in [1.165, 1.54) is 86.2 Å². The molecule has 0 atom stereocenters. The molecule has 0 unspecified atom stereocenters. The zero-order valence-corrected chi connectivity index (χ0v) is 36.0. The van der Waals surface area contributed by atoms with E-state index in [2.05, 4.69) is 262 Å². The smallest absolute Gasteiger partial charge is 0.180 e. The van der Waals surface area contributed by atoms with E-state index in [0.29, 0.717) is 0 Å². The maximum Gasteiger partial charge on any atom is 0.180 e. The summed E-state index contributed by atoms with van der Waals surface area (Å²) < 4.78 is 7.50. The Morgan fingerprint density at radius 3 is 1.27 bits per heavy atom. The molecule has 3 nitrogen and oxygen atoms in total. The van der Waals surface area contributed by atoms with E-state index in [1.54, 1.807) is 0 Å². The van der Waals surface area contributed by atoms with Gasteiger partial charge in [0, 0.05) is 43.7 Å². The molecule has 0 aliphatic heterocycles. The van der Waals surface area contributed by atoms with Crippen LogP contribution in [0.5, 0.6) is 0 Å². The summed E-state index contributed by atoms with van der Waals surface area (Å²) in [5.41, 5.74) is 10.5. The minimum Gasteiger partial charge on any atom is -0.309 e. The van der Waals surface area contributed by atoms with Crippen LogP contribution in [0.2, 0.25) is 0 Å². The van der Waals surface area contributed by atoms with Gasteiger partial charge in [0.25, 0.3) is 0 Å². The molecule has 0 spiro atoms. The highest BCUT2D eigenvalue weighted by Gasteiger charge is 2.43. The molecule has 3 heterocycles. The highest BCUT2D eigenvalue weighted by molar-refractivity contribution is 7.20. The Morgan fingerprint density at radius 2 is 0.703 bits per heavy atom. The highest BCUT2D eigenvalue weighted by Crippen LogP contribution is 2.41. The van der Waals surface area contributed by atoms with Gasteiger partial charge in [-0.25, -0.2) is 0 Å².